The first-order valence-electron chi connectivity index (χ1n) is 8.19. The Morgan fingerprint density at radius 1 is 0.792 bits per heavy atom. The number of nitrogens with zero attached hydrogens (tertiary/aromatic N) is 4. The van der Waals surface area contributed by atoms with Gasteiger partial charge in [-0.25, -0.2) is 9.97 Å². The molecule has 2 atom stereocenters. The lowest BCUT2D eigenvalue weighted by atomic mass is 10.3. The summed E-state index contributed by atoms with van der Waals surface area (Å²) >= 11 is 3.38. The zero-order valence-corrected chi connectivity index (χ0v) is 15.4. The van der Waals surface area contributed by atoms with Crippen molar-refractivity contribution in [3.05, 3.63) is 37.4 Å². The average Bonchev–Trinajstić information content (AvgIpc) is 3.27. The highest BCUT2D eigenvalue weighted by atomic mass is 32.2. The Bertz CT molecular complexity index is 474. The Hall–Kier alpha value is -0.960. The van der Waals surface area contributed by atoms with Crippen molar-refractivity contribution in [3.63, 3.8) is 0 Å². The van der Waals surface area contributed by atoms with Crippen LogP contribution in [0.25, 0.3) is 0 Å². The first kappa shape index (κ1) is 19.4. The molecule has 6 nitrogen and oxygen atoms in total. The molecule has 2 unspecified atom stereocenters. The minimum absolute atomic E-state index is 0.584. The predicted octanol–water partition coefficient (Wildman–Crippen LogP) is 1.75. The van der Waals surface area contributed by atoms with Crippen LogP contribution in [0.1, 0.15) is 12.8 Å². The number of aryl methyl sites for hydroxylation is 2. The van der Waals surface area contributed by atoms with Crippen LogP contribution in [0.2, 0.25) is 0 Å². The maximum absolute atomic E-state index is 10.00. The summed E-state index contributed by atoms with van der Waals surface area (Å²) in [6, 6.07) is 0. The molecule has 0 fully saturated rings. The van der Waals surface area contributed by atoms with Gasteiger partial charge in [-0.3, -0.25) is 0 Å². The van der Waals surface area contributed by atoms with E-state index in [1.165, 1.54) is 0 Å². The van der Waals surface area contributed by atoms with Gasteiger partial charge in [0, 0.05) is 49.4 Å². The Kier molecular flexibility index (Phi) is 9.34. The summed E-state index contributed by atoms with van der Waals surface area (Å²) in [5.41, 5.74) is 0. The molecule has 24 heavy (non-hydrogen) atoms. The van der Waals surface area contributed by atoms with Gasteiger partial charge in [-0.05, 0) is 24.3 Å². The van der Waals surface area contributed by atoms with Gasteiger partial charge >= 0.3 is 0 Å². The quantitative estimate of drug-likeness (QED) is 0.523. The molecule has 134 valence electrons. The number of aliphatic hydroxyl groups is 2. The maximum atomic E-state index is 10.00. The number of rotatable bonds is 13. The van der Waals surface area contributed by atoms with Crippen molar-refractivity contribution in [3.8, 4) is 0 Å². The highest BCUT2D eigenvalue weighted by Crippen LogP contribution is 2.13. The van der Waals surface area contributed by atoms with E-state index in [2.05, 4.69) is 9.97 Å². The van der Waals surface area contributed by atoms with E-state index in [4.69, 9.17) is 0 Å². The third-order valence-corrected chi connectivity index (χ3v) is 5.86. The molecule has 0 saturated carbocycles. The number of aliphatic hydroxyl groups excluding tert-OH is 2. The molecule has 8 heteroatoms. The minimum Gasteiger partial charge on any atom is -0.390 e. The fraction of sp³-hybridized carbons (Fsp3) is 0.625. The van der Waals surface area contributed by atoms with Crippen molar-refractivity contribution in [1.29, 1.82) is 0 Å². The fourth-order valence-corrected chi connectivity index (χ4v) is 4.09. The van der Waals surface area contributed by atoms with Crippen molar-refractivity contribution in [2.45, 2.75) is 38.1 Å². The number of thioether (sulfide) groups is 2. The highest BCUT2D eigenvalue weighted by Gasteiger charge is 2.15. The predicted molar refractivity (Wildman–Crippen MR) is 100 cm³/mol. The van der Waals surface area contributed by atoms with E-state index in [1.807, 2.05) is 34.2 Å². The Morgan fingerprint density at radius 3 is 1.62 bits per heavy atom. The number of aromatic nitrogens is 4. The van der Waals surface area contributed by atoms with Gasteiger partial charge in [0.15, 0.2) is 0 Å². The van der Waals surface area contributed by atoms with Crippen LogP contribution in [0.15, 0.2) is 37.4 Å². The summed E-state index contributed by atoms with van der Waals surface area (Å²) in [5.74, 6) is 3.11. The summed E-state index contributed by atoms with van der Waals surface area (Å²) in [6.07, 6.45) is 11.9. The average molecular weight is 371 g/mol. The molecule has 0 aliphatic rings. The van der Waals surface area contributed by atoms with Crippen molar-refractivity contribution < 1.29 is 10.2 Å². The lowest BCUT2D eigenvalue weighted by Crippen LogP contribution is -2.30. The lowest BCUT2D eigenvalue weighted by Gasteiger charge is -2.17. The van der Waals surface area contributed by atoms with Crippen LogP contribution in [-0.2, 0) is 13.1 Å². The monoisotopic (exact) mass is 370 g/mol. The standard InChI is InChI=1S/C16H26N4O2S2/c21-15(11-23-9-1-5-19-7-3-17-13-19)16(22)12-24-10-2-6-20-8-4-18-14-20/h3-4,7-8,13-16,21-22H,1-2,5-6,9-12H2. The lowest BCUT2D eigenvalue weighted by molar-refractivity contribution is 0.0500. The van der Waals surface area contributed by atoms with Crippen LogP contribution in [0.3, 0.4) is 0 Å². The largest absolute Gasteiger partial charge is 0.390 e. The Morgan fingerprint density at radius 2 is 1.25 bits per heavy atom. The van der Waals surface area contributed by atoms with Crippen molar-refractivity contribution in [2.75, 3.05) is 23.0 Å². The molecule has 0 amide bonds. The van der Waals surface area contributed by atoms with Gasteiger partial charge < -0.3 is 19.3 Å². The topological polar surface area (TPSA) is 76.1 Å². The van der Waals surface area contributed by atoms with Gasteiger partial charge in [-0.2, -0.15) is 23.5 Å². The number of imidazole rings is 2. The van der Waals surface area contributed by atoms with E-state index in [1.54, 1.807) is 35.9 Å². The molecule has 0 saturated heterocycles. The number of hydrogen-bond donors (Lipinski definition) is 2. The molecule has 2 heterocycles. The molecule has 2 N–H and O–H groups in total. The first-order chi connectivity index (χ1) is 11.8. The summed E-state index contributed by atoms with van der Waals surface area (Å²) < 4.78 is 4.10. The molecule has 0 aromatic carbocycles. The molecular formula is C16H26N4O2S2. The first-order valence-corrected chi connectivity index (χ1v) is 10.5. The second-order valence-electron chi connectivity index (χ2n) is 5.59. The summed E-state index contributed by atoms with van der Waals surface area (Å²) in [6.45, 7) is 1.89. The van der Waals surface area contributed by atoms with E-state index in [0.29, 0.717) is 11.5 Å². The van der Waals surface area contributed by atoms with E-state index >= 15 is 0 Å². The molecule has 2 aromatic heterocycles. The Labute approximate surface area is 151 Å². The van der Waals surface area contributed by atoms with Crippen LogP contribution < -0.4 is 0 Å². The van der Waals surface area contributed by atoms with Gasteiger partial charge in [0.2, 0.25) is 0 Å². The third kappa shape index (κ3) is 7.74. The molecule has 2 rings (SSSR count). The Balaban J connectivity index is 1.43. The van der Waals surface area contributed by atoms with Crippen LogP contribution in [0.5, 0.6) is 0 Å². The molecule has 0 bridgehead atoms. The summed E-state index contributed by atoms with van der Waals surface area (Å²) in [4.78, 5) is 8.01. The van der Waals surface area contributed by atoms with Crippen molar-refractivity contribution >= 4 is 23.5 Å². The molecule has 0 aliphatic carbocycles. The van der Waals surface area contributed by atoms with Gasteiger partial charge in [-0.1, -0.05) is 0 Å². The second kappa shape index (κ2) is 11.6. The smallest absolute Gasteiger partial charge is 0.0945 e. The number of hydrogen-bond acceptors (Lipinski definition) is 6. The maximum Gasteiger partial charge on any atom is 0.0945 e. The van der Waals surface area contributed by atoms with Crippen LogP contribution in [0, 0.1) is 0 Å². The van der Waals surface area contributed by atoms with Gasteiger partial charge in [0.05, 0.1) is 24.9 Å². The van der Waals surface area contributed by atoms with Gasteiger partial charge in [0.1, 0.15) is 0 Å². The van der Waals surface area contributed by atoms with Crippen molar-refractivity contribution in [2.24, 2.45) is 0 Å². The summed E-state index contributed by atoms with van der Waals surface area (Å²) in [5, 5.41) is 20.0. The third-order valence-electron chi connectivity index (χ3n) is 3.55. The molecular weight excluding hydrogens is 344 g/mol. The van der Waals surface area contributed by atoms with Crippen molar-refractivity contribution in [1.82, 2.24) is 19.1 Å². The molecule has 2 aromatic rings. The van der Waals surface area contributed by atoms with E-state index < -0.39 is 12.2 Å². The van der Waals surface area contributed by atoms with E-state index in [9.17, 15) is 10.2 Å². The van der Waals surface area contributed by atoms with Gasteiger partial charge in [0.25, 0.3) is 0 Å². The molecule has 0 aliphatic heterocycles. The van der Waals surface area contributed by atoms with Crippen LogP contribution >= 0.6 is 23.5 Å². The van der Waals surface area contributed by atoms with E-state index in [-0.39, 0.29) is 0 Å². The fourth-order valence-electron chi connectivity index (χ4n) is 2.17. The second-order valence-corrected chi connectivity index (χ2v) is 7.89. The highest BCUT2D eigenvalue weighted by molar-refractivity contribution is 7.99. The molecule has 0 radical (unpaired) electrons. The van der Waals surface area contributed by atoms with Crippen LogP contribution in [-0.4, -0.2) is 64.5 Å². The normalized spacial score (nSPS) is 13.9. The van der Waals surface area contributed by atoms with Crippen LogP contribution in [0.4, 0.5) is 0 Å². The zero-order chi connectivity index (χ0) is 17.0. The minimum atomic E-state index is -0.649. The molecule has 0 spiro atoms. The SMILES string of the molecule is OC(CSCCCn1ccnc1)C(O)CSCCCn1ccnc1. The van der Waals surface area contributed by atoms with Gasteiger partial charge in [-0.15, -0.1) is 0 Å². The zero-order valence-electron chi connectivity index (χ0n) is 13.8. The van der Waals surface area contributed by atoms with E-state index in [0.717, 1.165) is 37.4 Å². The summed E-state index contributed by atoms with van der Waals surface area (Å²) in [7, 11) is 0.